The van der Waals surface area contributed by atoms with Crippen molar-refractivity contribution >= 4 is 16.9 Å². The molecule has 0 aromatic heterocycles. The van der Waals surface area contributed by atoms with Crippen molar-refractivity contribution in [1.29, 1.82) is 0 Å². The van der Waals surface area contributed by atoms with E-state index in [-0.39, 0.29) is 11.7 Å². The molecule has 1 rings (SSSR count). The number of carbonyl (C=O) groups is 1. The fraction of sp³-hybridized carbons (Fsp3) is 0.417. The van der Waals surface area contributed by atoms with E-state index in [4.69, 9.17) is 5.73 Å². The first-order valence-electron chi connectivity index (χ1n) is 5.20. The summed E-state index contributed by atoms with van der Waals surface area (Å²) in [6, 6.07) is 0. The number of nitrogens with two attached hydrogens (primary N) is 1. The summed E-state index contributed by atoms with van der Waals surface area (Å²) in [4.78, 5) is 12.0. The minimum Gasteiger partial charge on any atom is -0.323 e. The molecule has 2 N–H and O–H groups in total. The Morgan fingerprint density at radius 1 is 1.47 bits per heavy atom. The second kappa shape index (κ2) is 8.50. The standard InChI is InChI=1S/C10H13NOS.C2H6/c1-8-3-2-4-9(6-5-8)13-10(12)7-11;1-2/h2-6,8H,7,11H2,1H3;1-2H3. The van der Waals surface area contributed by atoms with Gasteiger partial charge in [-0.25, -0.2) is 0 Å². The highest BCUT2D eigenvalue weighted by Crippen LogP contribution is 2.20. The summed E-state index contributed by atoms with van der Waals surface area (Å²) in [6.45, 7) is 6.19. The van der Waals surface area contributed by atoms with Crippen LogP contribution in [-0.2, 0) is 4.79 Å². The quantitative estimate of drug-likeness (QED) is 0.786. The van der Waals surface area contributed by atoms with E-state index < -0.39 is 0 Å². The lowest BCUT2D eigenvalue weighted by molar-refractivity contribution is -0.109. The largest absolute Gasteiger partial charge is 0.323 e. The second-order valence-corrected chi connectivity index (χ2v) is 3.98. The number of carbonyl (C=O) groups excluding carboxylic acids is 1. The molecule has 0 aliphatic heterocycles. The van der Waals surface area contributed by atoms with E-state index in [0.717, 1.165) is 4.91 Å². The molecule has 84 valence electrons. The molecule has 0 bridgehead atoms. The van der Waals surface area contributed by atoms with Gasteiger partial charge in [-0.15, -0.1) is 0 Å². The summed E-state index contributed by atoms with van der Waals surface area (Å²) >= 11 is 1.20. The summed E-state index contributed by atoms with van der Waals surface area (Å²) in [6.07, 6.45) is 10.0. The number of allylic oxidation sites excluding steroid dienone is 5. The van der Waals surface area contributed by atoms with E-state index >= 15 is 0 Å². The monoisotopic (exact) mass is 225 g/mol. The lowest BCUT2D eigenvalue weighted by atomic mass is 10.2. The Morgan fingerprint density at radius 2 is 2.13 bits per heavy atom. The molecular weight excluding hydrogens is 206 g/mol. The fourth-order valence-electron chi connectivity index (χ4n) is 0.933. The van der Waals surface area contributed by atoms with Crippen molar-refractivity contribution in [3.05, 3.63) is 35.3 Å². The zero-order valence-electron chi connectivity index (χ0n) is 9.57. The molecule has 1 atom stereocenters. The van der Waals surface area contributed by atoms with Crippen molar-refractivity contribution in [1.82, 2.24) is 0 Å². The summed E-state index contributed by atoms with van der Waals surface area (Å²) in [5.41, 5.74) is 5.22. The first-order valence-corrected chi connectivity index (χ1v) is 6.01. The van der Waals surface area contributed by atoms with Crippen LogP contribution in [0, 0.1) is 5.92 Å². The van der Waals surface area contributed by atoms with Crippen LogP contribution >= 0.6 is 11.8 Å². The molecule has 0 saturated carbocycles. The Balaban J connectivity index is 0.000000921. The molecule has 0 heterocycles. The molecule has 0 spiro atoms. The number of thioether (sulfide) groups is 1. The fourth-order valence-corrected chi connectivity index (χ4v) is 1.57. The van der Waals surface area contributed by atoms with Gasteiger partial charge in [-0.2, -0.15) is 0 Å². The molecule has 1 aliphatic carbocycles. The average molecular weight is 225 g/mol. The van der Waals surface area contributed by atoms with Gasteiger partial charge < -0.3 is 5.73 Å². The maximum absolute atomic E-state index is 11.0. The highest BCUT2D eigenvalue weighted by atomic mass is 32.2. The van der Waals surface area contributed by atoms with Crippen molar-refractivity contribution in [2.24, 2.45) is 11.7 Å². The molecule has 15 heavy (non-hydrogen) atoms. The average Bonchev–Trinajstić information content (AvgIpc) is 2.46. The van der Waals surface area contributed by atoms with Gasteiger partial charge in [0.25, 0.3) is 0 Å². The van der Waals surface area contributed by atoms with Crippen LogP contribution in [0.5, 0.6) is 0 Å². The molecule has 0 radical (unpaired) electrons. The summed E-state index contributed by atoms with van der Waals surface area (Å²) in [5, 5.41) is -0.00106. The lowest BCUT2D eigenvalue weighted by Gasteiger charge is -1.97. The van der Waals surface area contributed by atoms with Gasteiger partial charge in [0.15, 0.2) is 0 Å². The number of rotatable bonds is 2. The van der Waals surface area contributed by atoms with Gasteiger partial charge >= 0.3 is 0 Å². The van der Waals surface area contributed by atoms with Gasteiger partial charge in [-0.1, -0.05) is 56.8 Å². The lowest BCUT2D eigenvalue weighted by Crippen LogP contribution is -2.08. The van der Waals surface area contributed by atoms with Crippen molar-refractivity contribution in [2.45, 2.75) is 20.8 Å². The molecule has 0 aromatic carbocycles. The maximum atomic E-state index is 11.0. The molecular formula is C12H19NOS. The van der Waals surface area contributed by atoms with Crippen LogP contribution in [0.2, 0.25) is 0 Å². The zero-order chi connectivity index (χ0) is 11.7. The van der Waals surface area contributed by atoms with Crippen LogP contribution in [0.25, 0.3) is 0 Å². The topological polar surface area (TPSA) is 43.1 Å². The molecule has 0 amide bonds. The number of hydrogen-bond acceptors (Lipinski definition) is 3. The van der Waals surface area contributed by atoms with Gasteiger partial charge in [0.1, 0.15) is 0 Å². The number of hydrogen-bond donors (Lipinski definition) is 1. The van der Waals surface area contributed by atoms with Gasteiger partial charge in [-0.3, -0.25) is 4.79 Å². The van der Waals surface area contributed by atoms with Crippen LogP contribution in [0.4, 0.5) is 0 Å². The maximum Gasteiger partial charge on any atom is 0.207 e. The molecule has 0 saturated heterocycles. The Bertz CT molecular complexity index is 279. The van der Waals surface area contributed by atoms with Crippen molar-refractivity contribution in [2.75, 3.05) is 6.54 Å². The highest BCUT2D eigenvalue weighted by molar-refractivity contribution is 8.17. The Kier molecular flexibility index (Phi) is 8.05. The SMILES string of the molecule is CC.CC1C=CC=C(SC(=O)CN)C=C1. The van der Waals surface area contributed by atoms with Crippen LogP contribution < -0.4 is 5.73 Å². The van der Waals surface area contributed by atoms with Crippen LogP contribution in [0.1, 0.15) is 20.8 Å². The molecule has 2 nitrogen and oxygen atoms in total. The Morgan fingerprint density at radius 3 is 2.73 bits per heavy atom. The summed E-state index contributed by atoms with van der Waals surface area (Å²) < 4.78 is 0. The highest BCUT2D eigenvalue weighted by Gasteiger charge is 2.03. The predicted molar refractivity (Wildman–Crippen MR) is 68.5 cm³/mol. The third kappa shape index (κ3) is 6.31. The van der Waals surface area contributed by atoms with Gasteiger partial charge in [0.2, 0.25) is 5.12 Å². The minimum absolute atomic E-state index is 0.00106. The first kappa shape index (κ1) is 14.2. The van der Waals surface area contributed by atoms with E-state index in [9.17, 15) is 4.79 Å². The van der Waals surface area contributed by atoms with E-state index in [2.05, 4.69) is 19.1 Å². The minimum atomic E-state index is -0.00106. The third-order valence-electron chi connectivity index (χ3n) is 1.64. The van der Waals surface area contributed by atoms with Crippen LogP contribution in [0.3, 0.4) is 0 Å². The summed E-state index contributed by atoms with van der Waals surface area (Å²) in [7, 11) is 0. The van der Waals surface area contributed by atoms with E-state index in [1.807, 2.05) is 32.1 Å². The first-order chi connectivity index (χ1) is 7.22. The predicted octanol–water partition coefficient (Wildman–Crippen LogP) is 2.88. The normalized spacial score (nSPS) is 18.7. The molecule has 1 unspecified atom stereocenters. The van der Waals surface area contributed by atoms with Gasteiger partial charge in [-0.05, 0) is 12.0 Å². The van der Waals surface area contributed by atoms with E-state index in [1.165, 1.54) is 11.8 Å². The van der Waals surface area contributed by atoms with Crippen LogP contribution in [-0.4, -0.2) is 11.7 Å². The van der Waals surface area contributed by atoms with Crippen molar-refractivity contribution in [3.63, 3.8) is 0 Å². The zero-order valence-corrected chi connectivity index (χ0v) is 10.4. The Labute approximate surface area is 96.3 Å². The van der Waals surface area contributed by atoms with Gasteiger partial charge in [0, 0.05) is 4.91 Å². The smallest absolute Gasteiger partial charge is 0.207 e. The van der Waals surface area contributed by atoms with Crippen LogP contribution in [0.15, 0.2) is 35.3 Å². The molecule has 3 heteroatoms. The Hall–Kier alpha value is -0.800. The van der Waals surface area contributed by atoms with Gasteiger partial charge in [0.05, 0.1) is 6.54 Å². The van der Waals surface area contributed by atoms with E-state index in [1.54, 1.807) is 0 Å². The molecule has 0 aromatic rings. The van der Waals surface area contributed by atoms with Crippen molar-refractivity contribution in [3.8, 4) is 0 Å². The summed E-state index contributed by atoms with van der Waals surface area (Å²) in [5.74, 6) is 0.433. The van der Waals surface area contributed by atoms with E-state index in [0.29, 0.717) is 5.92 Å². The molecule has 1 aliphatic rings. The molecule has 0 fully saturated rings. The second-order valence-electron chi connectivity index (χ2n) is 2.85. The van der Waals surface area contributed by atoms with Crippen molar-refractivity contribution < 1.29 is 4.79 Å². The third-order valence-corrected chi connectivity index (χ3v) is 2.54.